The van der Waals surface area contributed by atoms with E-state index in [4.69, 9.17) is 5.11 Å². The molecule has 0 saturated heterocycles. The van der Waals surface area contributed by atoms with Crippen LogP contribution in [0.25, 0.3) is 22.0 Å². The fourth-order valence-corrected chi connectivity index (χ4v) is 2.34. The Morgan fingerprint density at radius 2 is 1.86 bits per heavy atom. The maximum absolute atomic E-state index is 11.1. The number of carbonyl (C=O) groups is 1. The molecule has 0 aliphatic rings. The van der Waals surface area contributed by atoms with Crippen LogP contribution in [-0.4, -0.2) is 21.0 Å². The highest BCUT2D eigenvalue weighted by molar-refractivity contribution is 6.04. The highest BCUT2D eigenvalue weighted by atomic mass is 16.6. The quantitative estimate of drug-likeness (QED) is 0.568. The molecule has 0 fully saturated rings. The van der Waals surface area contributed by atoms with Crippen molar-refractivity contribution in [2.75, 3.05) is 0 Å². The molecule has 0 bridgehead atoms. The van der Waals surface area contributed by atoms with Gasteiger partial charge in [0, 0.05) is 11.5 Å². The Morgan fingerprint density at radius 1 is 1.14 bits per heavy atom. The first-order valence-electron chi connectivity index (χ1n) is 6.17. The van der Waals surface area contributed by atoms with Crippen LogP contribution in [0.5, 0.6) is 0 Å². The second-order valence-corrected chi connectivity index (χ2v) is 4.53. The zero-order chi connectivity index (χ0) is 15.0. The molecule has 3 rings (SSSR count). The molecular weight excluding hydrogens is 272 g/mol. The van der Waals surface area contributed by atoms with Crippen LogP contribution in [0, 0.1) is 10.1 Å². The van der Waals surface area contributed by atoms with E-state index >= 15 is 0 Å². The number of fused-ring (bicyclic) bond motifs is 1. The normalized spacial score (nSPS) is 10.7. The Hall–Kier alpha value is -3.15. The number of nitro benzene ring substituents is 1. The molecule has 2 aromatic carbocycles. The number of hydrogen-bond donors (Lipinski definition) is 2. The number of nitrogens with one attached hydrogen (secondary N) is 1. The Bertz CT molecular complexity index is 853. The lowest BCUT2D eigenvalue weighted by Crippen LogP contribution is -1.95. The molecule has 0 amide bonds. The molecule has 0 atom stereocenters. The van der Waals surface area contributed by atoms with Crippen molar-refractivity contribution in [2.45, 2.75) is 0 Å². The number of nitro groups is 1. The fourth-order valence-electron chi connectivity index (χ4n) is 2.34. The number of aromatic carboxylic acids is 1. The summed E-state index contributed by atoms with van der Waals surface area (Å²) in [7, 11) is 0. The number of hydrogen-bond acceptors (Lipinski definition) is 3. The lowest BCUT2D eigenvalue weighted by atomic mass is 10.0. The monoisotopic (exact) mass is 282 g/mol. The third-order valence-electron chi connectivity index (χ3n) is 3.28. The zero-order valence-electron chi connectivity index (χ0n) is 10.7. The van der Waals surface area contributed by atoms with Crippen molar-refractivity contribution in [2.24, 2.45) is 0 Å². The van der Waals surface area contributed by atoms with Gasteiger partial charge in [0.25, 0.3) is 5.69 Å². The minimum Gasteiger partial charge on any atom is -0.477 e. The molecule has 104 valence electrons. The van der Waals surface area contributed by atoms with Crippen LogP contribution in [0.1, 0.15) is 10.5 Å². The smallest absolute Gasteiger partial charge is 0.352 e. The average molecular weight is 282 g/mol. The Labute approximate surface area is 118 Å². The summed E-state index contributed by atoms with van der Waals surface area (Å²) < 4.78 is 0. The lowest BCUT2D eigenvalue weighted by Gasteiger charge is -2.03. The summed E-state index contributed by atoms with van der Waals surface area (Å²) in [5.41, 5.74) is 1.63. The Morgan fingerprint density at radius 3 is 2.48 bits per heavy atom. The molecule has 2 N–H and O–H groups in total. The van der Waals surface area contributed by atoms with Gasteiger partial charge in [-0.15, -0.1) is 0 Å². The summed E-state index contributed by atoms with van der Waals surface area (Å²) >= 11 is 0. The molecule has 6 heteroatoms. The van der Waals surface area contributed by atoms with Crippen LogP contribution in [0.2, 0.25) is 0 Å². The number of aromatic amines is 1. The van der Waals surface area contributed by atoms with Crippen molar-refractivity contribution >= 4 is 22.6 Å². The van der Waals surface area contributed by atoms with Gasteiger partial charge in [0.2, 0.25) is 0 Å². The number of rotatable bonds is 3. The van der Waals surface area contributed by atoms with E-state index in [9.17, 15) is 14.9 Å². The van der Waals surface area contributed by atoms with Gasteiger partial charge in [-0.25, -0.2) is 4.79 Å². The SMILES string of the molecule is O=C(O)c1cc2c(-c3ccccc3)ccc([N+](=O)[O-])c2[nH]1. The minimum absolute atomic E-state index is 0.0727. The molecule has 0 saturated carbocycles. The van der Waals surface area contributed by atoms with Crippen molar-refractivity contribution in [3.8, 4) is 11.1 Å². The molecule has 1 heterocycles. The Balaban J connectivity index is 2.35. The van der Waals surface area contributed by atoms with Gasteiger partial charge < -0.3 is 10.1 Å². The molecule has 21 heavy (non-hydrogen) atoms. The molecule has 0 unspecified atom stereocenters. The number of nitrogens with zero attached hydrogens (tertiary/aromatic N) is 1. The van der Waals surface area contributed by atoms with Gasteiger partial charge in [0.1, 0.15) is 11.2 Å². The van der Waals surface area contributed by atoms with E-state index in [0.717, 1.165) is 11.1 Å². The maximum atomic E-state index is 11.1. The largest absolute Gasteiger partial charge is 0.477 e. The van der Waals surface area contributed by atoms with Gasteiger partial charge in [-0.3, -0.25) is 10.1 Å². The highest BCUT2D eigenvalue weighted by Crippen LogP contribution is 2.34. The molecule has 6 nitrogen and oxygen atoms in total. The maximum Gasteiger partial charge on any atom is 0.352 e. The third-order valence-corrected chi connectivity index (χ3v) is 3.28. The van der Waals surface area contributed by atoms with Gasteiger partial charge in [-0.2, -0.15) is 0 Å². The molecule has 0 aliphatic heterocycles. The van der Waals surface area contributed by atoms with Crippen molar-refractivity contribution in [1.29, 1.82) is 0 Å². The van der Waals surface area contributed by atoms with Crippen molar-refractivity contribution in [3.05, 3.63) is 64.3 Å². The topological polar surface area (TPSA) is 96.2 Å². The van der Waals surface area contributed by atoms with Crippen LogP contribution in [0.4, 0.5) is 5.69 Å². The fraction of sp³-hybridized carbons (Fsp3) is 0. The van der Waals surface area contributed by atoms with Crippen LogP contribution in [0.15, 0.2) is 48.5 Å². The van der Waals surface area contributed by atoms with E-state index in [2.05, 4.69) is 4.98 Å². The third kappa shape index (κ3) is 2.12. The van der Waals surface area contributed by atoms with E-state index in [1.54, 1.807) is 6.07 Å². The van der Waals surface area contributed by atoms with E-state index in [1.807, 2.05) is 30.3 Å². The summed E-state index contributed by atoms with van der Waals surface area (Å²) in [6.45, 7) is 0. The van der Waals surface area contributed by atoms with Crippen LogP contribution < -0.4 is 0 Å². The summed E-state index contributed by atoms with van der Waals surface area (Å²) in [6, 6.07) is 13.8. The highest BCUT2D eigenvalue weighted by Gasteiger charge is 2.19. The van der Waals surface area contributed by atoms with Crippen LogP contribution >= 0.6 is 0 Å². The molecule has 0 aliphatic carbocycles. The molecular formula is C15H10N2O4. The standard InChI is InChI=1S/C15H10N2O4/c18-15(19)12-8-11-10(9-4-2-1-3-5-9)6-7-13(17(20)21)14(11)16-12/h1-8,16H,(H,18,19). The molecule has 3 aromatic rings. The first-order valence-corrected chi connectivity index (χ1v) is 6.17. The average Bonchev–Trinajstić information content (AvgIpc) is 2.92. The second-order valence-electron chi connectivity index (χ2n) is 4.53. The second kappa shape index (κ2) is 4.75. The van der Waals surface area contributed by atoms with Crippen molar-refractivity contribution < 1.29 is 14.8 Å². The van der Waals surface area contributed by atoms with Gasteiger partial charge in [0.15, 0.2) is 0 Å². The number of non-ortho nitro benzene ring substituents is 1. The van der Waals surface area contributed by atoms with Gasteiger partial charge >= 0.3 is 5.97 Å². The summed E-state index contributed by atoms with van der Waals surface area (Å²) in [5, 5.41) is 20.7. The summed E-state index contributed by atoms with van der Waals surface area (Å²) in [4.78, 5) is 24.3. The van der Waals surface area contributed by atoms with Crippen molar-refractivity contribution in [3.63, 3.8) is 0 Å². The first-order chi connectivity index (χ1) is 10.1. The minimum atomic E-state index is -1.15. The van der Waals surface area contributed by atoms with Gasteiger partial charge in [0.05, 0.1) is 4.92 Å². The zero-order valence-corrected chi connectivity index (χ0v) is 10.7. The van der Waals surface area contributed by atoms with E-state index in [-0.39, 0.29) is 16.9 Å². The number of aromatic nitrogens is 1. The first kappa shape index (κ1) is 12.9. The van der Waals surface area contributed by atoms with Crippen molar-refractivity contribution in [1.82, 2.24) is 4.98 Å². The summed E-state index contributed by atoms with van der Waals surface area (Å²) in [6.07, 6.45) is 0. The molecule has 0 radical (unpaired) electrons. The van der Waals surface area contributed by atoms with Crippen LogP contribution in [-0.2, 0) is 0 Å². The molecule has 1 aromatic heterocycles. The van der Waals surface area contributed by atoms with E-state index in [0.29, 0.717) is 5.39 Å². The number of carboxylic acids is 1. The van der Waals surface area contributed by atoms with Gasteiger partial charge in [-0.05, 0) is 23.3 Å². The van der Waals surface area contributed by atoms with E-state index in [1.165, 1.54) is 12.1 Å². The summed E-state index contributed by atoms with van der Waals surface area (Å²) in [5.74, 6) is -1.15. The Kier molecular flexibility index (Phi) is 2.91. The number of benzene rings is 2. The molecule has 0 spiro atoms. The number of carboxylic acid groups (broad SMARTS) is 1. The van der Waals surface area contributed by atoms with Crippen LogP contribution in [0.3, 0.4) is 0 Å². The van der Waals surface area contributed by atoms with E-state index < -0.39 is 10.9 Å². The predicted molar refractivity (Wildman–Crippen MR) is 77.3 cm³/mol. The van der Waals surface area contributed by atoms with Gasteiger partial charge in [-0.1, -0.05) is 30.3 Å². The predicted octanol–water partition coefficient (Wildman–Crippen LogP) is 3.44. The number of H-pyrrole nitrogens is 1. The lowest BCUT2D eigenvalue weighted by molar-refractivity contribution is -0.383.